The van der Waals surface area contributed by atoms with Crippen LogP contribution in [0.5, 0.6) is 11.5 Å². The van der Waals surface area contributed by atoms with E-state index in [-0.39, 0.29) is 5.91 Å². The van der Waals surface area contributed by atoms with Crippen LogP contribution in [-0.2, 0) is 9.59 Å². The number of ether oxygens (including phenoxy) is 2. The summed E-state index contributed by atoms with van der Waals surface area (Å²) in [4.78, 5) is 30.0. The summed E-state index contributed by atoms with van der Waals surface area (Å²) in [6.45, 7) is 1.48. The van der Waals surface area contributed by atoms with Gasteiger partial charge in [0.25, 0.3) is 11.8 Å². The van der Waals surface area contributed by atoms with E-state index in [0.717, 1.165) is 25.9 Å². The van der Waals surface area contributed by atoms with Crippen LogP contribution in [0.3, 0.4) is 0 Å². The average molecular weight is 413 g/mol. The van der Waals surface area contributed by atoms with E-state index in [0.29, 0.717) is 39.0 Å². The second kappa shape index (κ2) is 7.79. The first kappa shape index (κ1) is 19.3. The van der Waals surface area contributed by atoms with Crippen LogP contribution >= 0.6 is 11.6 Å². The van der Waals surface area contributed by atoms with Gasteiger partial charge in [-0.15, -0.1) is 0 Å². The van der Waals surface area contributed by atoms with E-state index in [4.69, 9.17) is 21.1 Å². The fourth-order valence-corrected chi connectivity index (χ4v) is 4.08. The van der Waals surface area contributed by atoms with Gasteiger partial charge in [-0.1, -0.05) is 29.8 Å². The molecule has 1 fully saturated rings. The topological polar surface area (TPSA) is 59.1 Å². The molecule has 7 heteroatoms. The molecule has 0 saturated carbocycles. The van der Waals surface area contributed by atoms with E-state index in [9.17, 15) is 9.59 Å². The van der Waals surface area contributed by atoms with Crippen LogP contribution in [0.1, 0.15) is 18.4 Å². The van der Waals surface area contributed by atoms with Crippen molar-refractivity contribution in [1.29, 1.82) is 0 Å². The van der Waals surface area contributed by atoms with Crippen LogP contribution < -0.4 is 14.4 Å². The van der Waals surface area contributed by atoms with Crippen LogP contribution in [0, 0.1) is 0 Å². The van der Waals surface area contributed by atoms with Crippen molar-refractivity contribution in [3.05, 3.63) is 58.7 Å². The van der Waals surface area contributed by atoms with Gasteiger partial charge in [0.05, 0.1) is 30.5 Å². The number of amides is 2. The Labute approximate surface area is 174 Å². The zero-order valence-corrected chi connectivity index (χ0v) is 17.0. The van der Waals surface area contributed by atoms with E-state index in [1.807, 2.05) is 4.90 Å². The zero-order valence-electron chi connectivity index (χ0n) is 16.3. The van der Waals surface area contributed by atoms with Gasteiger partial charge >= 0.3 is 0 Å². The summed E-state index contributed by atoms with van der Waals surface area (Å²) in [6, 6.07) is 12.1. The maximum absolute atomic E-state index is 13.5. The maximum Gasteiger partial charge on any atom is 0.282 e. The van der Waals surface area contributed by atoms with Crippen molar-refractivity contribution in [2.45, 2.75) is 12.8 Å². The summed E-state index contributed by atoms with van der Waals surface area (Å²) in [5.41, 5.74) is 1.77. The molecule has 0 atom stereocenters. The lowest BCUT2D eigenvalue weighted by Gasteiger charge is -2.20. The van der Waals surface area contributed by atoms with E-state index in [2.05, 4.69) is 0 Å². The number of nitrogens with zero attached hydrogens (tertiary/aromatic N) is 2. The Hall–Kier alpha value is -2.99. The van der Waals surface area contributed by atoms with Gasteiger partial charge in [0.15, 0.2) is 11.5 Å². The maximum atomic E-state index is 13.5. The molecule has 29 heavy (non-hydrogen) atoms. The third-order valence-electron chi connectivity index (χ3n) is 5.25. The highest BCUT2D eigenvalue weighted by Gasteiger charge is 2.43. The minimum absolute atomic E-state index is 0.350. The van der Waals surface area contributed by atoms with E-state index >= 15 is 0 Å². The lowest BCUT2D eigenvalue weighted by Crippen LogP contribution is -2.34. The summed E-state index contributed by atoms with van der Waals surface area (Å²) in [6.07, 6.45) is 1.96. The van der Waals surface area contributed by atoms with Gasteiger partial charge in [0.1, 0.15) is 5.70 Å². The average Bonchev–Trinajstić information content (AvgIpc) is 3.34. The molecule has 0 radical (unpaired) electrons. The minimum atomic E-state index is -0.391. The van der Waals surface area contributed by atoms with E-state index in [1.54, 1.807) is 49.6 Å². The largest absolute Gasteiger partial charge is 0.493 e. The molecule has 1 saturated heterocycles. The van der Waals surface area contributed by atoms with Gasteiger partial charge in [-0.25, -0.2) is 4.90 Å². The number of hydrogen-bond acceptors (Lipinski definition) is 5. The summed E-state index contributed by atoms with van der Waals surface area (Å²) < 4.78 is 10.7. The van der Waals surface area contributed by atoms with Crippen LogP contribution in [-0.4, -0.2) is 44.0 Å². The Morgan fingerprint density at radius 2 is 1.59 bits per heavy atom. The number of carbonyl (C=O) groups excluding carboxylic acids is 2. The second-order valence-corrected chi connectivity index (χ2v) is 7.29. The quantitative estimate of drug-likeness (QED) is 0.700. The first-order valence-corrected chi connectivity index (χ1v) is 9.79. The van der Waals surface area contributed by atoms with Crippen LogP contribution in [0.4, 0.5) is 5.69 Å². The molecule has 2 aliphatic rings. The highest BCUT2D eigenvalue weighted by Crippen LogP contribution is 2.40. The molecule has 0 unspecified atom stereocenters. The van der Waals surface area contributed by atoms with Gasteiger partial charge < -0.3 is 14.4 Å². The predicted molar refractivity (Wildman–Crippen MR) is 111 cm³/mol. The highest BCUT2D eigenvalue weighted by atomic mass is 35.5. The standard InChI is InChI=1S/C22H21ClN2O4/c1-28-17-10-9-14(13-18(17)29-2)19-20(24-11-5-6-12-24)22(27)25(21(19)26)16-8-4-3-7-15(16)23/h3-4,7-10,13H,5-6,11-12H2,1-2H3. The fraction of sp³-hybridized carbons (Fsp3) is 0.273. The lowest BCUT2D eigenvalue weighted by atomic mass is 10.0. The van der Waals surface area contributed by atoms with Gasteiger partial charge in [-0.2, -0.15) is 0 Å². The molecule has 6 nitrogen and oxygen atoms in total. The molecular weight excluding hydrogens is 392 g/mol. The van der Waals surface area contributed by atoms with Crippen molar-refractivity contribution >= 4 is 34.7 Å². The summed E-state index contributed by atoms with van der Waals surface area (Å²) in [7, 11) is 3.09. The molecule has 2 amide bonds. The Morgan fingerprint density at radius 1 is 0.897 bits per heavy atom. The highest BCUT2D eigenvalue weighted by molar-refractivity contribution is 6.47. The summed E-state index contributed by atoms with van der Waals surface area (Å²) in [5.74, 6) is 0.307. The first-order valence-electron chi connectivity index (χ1n) is 9.41. The number of halogens is 1. The number of benzene rings is 2. The van der Waals surface area contributed by atoms with Crippen LogP contribution in [0.15, 0.2) is 48.2 Å². The Morgan fingerprint density at radius 3 is 2.24 bits per heavy atom. The lowest BCUT2D eigenvalue weighted by molar-refractivity contribution is -0.120. The van der Waals surface area contributed by atoms with Gasteiger partial charge in [0, 0.05) is 13.1 Å². The minimum Gasteiger partial charge on any atom is -0.493 e. The van der Waals surface area contributed by atoms with Crippen molar-refractivity contribution in [3.8, 4) is 11.5 Å². The third kappa shape index (κ3) is 3.23. The Balaban J connectivity index is 1.87. The predicted octanol–water partition coefficient (Wildman–Crippen LogP) is 3.74. The molecule has 0 N–H and O–H groups in total. The number of methoxy groups -OCH3 is 2. The zero-order chi connectivity index (χ0) is 20.5. The van der Waals surface area contributed by atoms with Gasteiger partial charge in [-0.3, -0.25) is 9.59 Å². The van der Waals surface area contributed by atoms with Crippen molar-refractivity contribution < 1.29 is 19.1 Å². The molecular formula is C22H21ClN2O4. The van der Waals surface area contributed by atoms with Gasteiger partial charge in [-0.05, 0) is 42.7 Å². The molecule has 2 aromatic rings. The number of hydrogen-bond donors (Lipinski definition) is 0. The third-order valence-corrected chi connectivity index (χ3v) is 5.57. The monoisotopic (exact) mass is 412 g/mol. The summed E-state index contributed by atoms with van der Waals surface area (Å²) in [5, 5.41) is 0.350. The van der Waals surface area contributed by atoms with Crippen LogP contribution in [0.2, 0.25) is 5.02 Å². The second-order valence-electron chi connectivity index (χ2n) is 6.88. The van der Waals surface area contributed by atoms with E-state index < -0.39 is 5.91 Å². The molecule has 2 aliphatic heterocycles. The molecule has 0 spiro atoms. The number of anilines is 1. The SMILES string of the molecule is COc1ccc(C2=C(N3CCCC3)C(=O)N(c3ccccc3Cl)C2=O)cc1OC. The molecule has 2 aromatic carbocycles. The van der Waals surface area contributed by atoms with E-state index in [1.165, 1.54) is 12.0 Å². The molecule has 0 aromatic heterocycles. The Kier molecular flexibility index (Phi) is 5.20. The number of para-hydroxylation sites is 1. The molecule has 0 bridgehead atoms. The number of rotatable bonds is 5. The molecule has 2 heterocycles. The fourth-order valence-electron chi connectivity index (χ4n) is 3.86. The van der Waals surface area contributed by atoms with Crippen molar-refractivity contribution in [3.63, 3.8) is 0 Å². The number of carbonyl (C=O) groups is 2. The number of imide groups is 1. The van der Waals surface area contributed by atoms with Crippen LogP contribution in [0.25, 0.3) is 5.57 Å². The van der Waals surface area contributed by atoms with Gasteiger partial charge in [0.2, 0.25) is 0 Å². The molecule has 4 rings (SSSR count). The van der Waals surface area contributed by atoms with Crippen molar-refractivity contribution in [1.82, 2.24) is 4.90 Å². The summed E-state index contributed by atoms with van der Waals surface area (Å²) >= 11 is 6.31. The number of likely N-dealkylation sites (tertiary alicyclic amines) is 1. The van der Waals surface area contributed by atoms with Crippen molar-refractivity contribution in [2.75, 3.05) is 32.2 Å². The molecule has 0 aliphatic carbocycles. The molecule has 150 valence electrons. The first-order chi connectivity index (χ1) is 14.1. The van der Waals surface area contributed by atoms with Crippen molar-refractivity contribution in [2.24, 2.45) is 0 Å². The Bertz CT molecular complexity index is 1010. The normalized spacial score (nSPS) is 16.8. The smallest absolute Gasteiger partial charge is 0.282 e.